The number of hydrogen-bond donors (Lipinski definition) is 0. The second-order valence-electron chi connectivity index (χ2n) is 6.11. The average molecular weight is 353 g/mol. The first kappa shape index (κ1) is 19.6. The normalized spacial score (nSPS) is 11.7. The number of ether oxygens (including phenoxy) is 2. The fraction of sp³-hybridized carbons (Fsp3) is 0.318. The first-order chi connectivity index (χ1) is 12.5. The van der Waals surface area contributed by atoms with Gasteiger partial charge in [-0.1, -0.05) is 41.6 Å². The van der Waals surface area contributed by atoms with Crippen LogP contribution in [0.4, 0.5) is 0 Å². The molecule has 2 aromatic rings. The van der Waals surface area contributed by atoms with Gasteiger partial charge in [0.1, 0.15) is 31.8 Å². The summed E-state index contributed by atoms with van der Waals surface area (Å²) in [7, 11) is 1.55. The van der Waals surface area contributed by atoms with Gasteiger partial charge in [0.15, 0.2) is 0 Å². The van der Waals surface area contributed by atoms with Crippen molar-refractivity contribution in [3.8, 4) is 11.5 Å². The van der Waals surface area contributed by atoms with E-state index in [4.69, 9.17) is 14.3 Å². The van der Waals surface area contributed by atoms with Gasteiger partial charge >= 0.3 is 0 Å². The molecule has 0 saturated heterocycles. The SMILES string of the molecule is C/C=C/COc1cc(C)c(OCc2ccc(/C(C)=N/OC)cc2)c(C)c1. The summed E-state index contributed by atoms with van der Waals surface area (Å²) in [6.07, 6.45) is 3.96. The molecule has 0 heterocycles. The average Bonchev–Trinajstić information content (AvgIpc) is 2.62. The third-order valence-corrected chi connectivity index (χ3v) is 4.00. The molecule has 0 aromatic heterocycles. The van der Waals surface area contributed by atoms with Gasteiger partial charge in [0, 0.05) is 0 Å². The standard InChI is InChI=1S/C22H27NO3/c1-6-7-12-25-21-13-16(2)22(17(3)14-21)26-15-19-8-10-20(11-9-19)18(4)23-24-5/h6-11,13-14H,12,15H2,1-5H3/b7-6+,23-18+. The fourth-order valence-electron chi connectivity index (χ4n) is 2.65. The first-order valence-electron chi connectivity index (χ1n) is 8.70. The lowest BCUT2D eigenvalue weighted by molar-refractivity contribution is 0.213. The summed E-state index contributed by atoms with van der Waals surface area (Å²) in [4.78, 5) is 4.81. The Bertz CT molecular complexity index is 753. The zero-order valence-electron chi connectivity index (χ0n) is 16.2. The van der Waals surface area contributed by atoms with E-state index >= 15 is 0 Å². The van der Waals surface area contributed by atoms with E-state index in [1.165, 1.54) is 0 Å². The molecule has 0 atom stereocenters. The minimum atomic E-state index is 0.515. The Balaban J connectivity index is 2.04. The van der Waals surface area contributed by atoms with Crippen molar-refractivity contribution < 1.29 is 14.3 Å². The molecular weight excluding hydrogens is 326 g/mol. The summed E-state index contributed by atoms with van der Waals surface area (Å²) >= 11 is 0. The van der Waals surface area contributed by atoms with Gasteiger partial charge in [-0.2, -0.15) is 0 Å². The lowest BCUT2D eigenvalue weighted by Crippen LogP contribution is -2.02. The van der Waals surface area contributed by atoms with E-state index < -0.39 is 0 Å². The maximum absolute atomic E-state index is 6.06. The van der Waals surface area contributed by atoms with Crippen molar-refractivity contribution in [1.29, 1.82) is 0 Å². The Labute approximate surface area is 156 Å². The Morgan fingerprint density at radius 3 is 2.27 bits per heavy atom. The highest BCUT2D eigenvalue weighted by molar-refractivity contribution is 5.98. The molecule has 138 valence electrons. The summed E-state index contributed by atoms with van der Waals surface area (Å²) in [6, 6.07) is 12.2. The molecule has 0 bridgehead atoms. The van der Waals surface area contributed by atoms with Crippen molar-refractivity contribution in [2.45, 2.75) is 34.3 Å². The minimum Gasteiger partial charge on any atom is -0.490 e. The molecule has 4 nitrogen and oxygen atoms in total. The number of aryl methyl sites for hydroxylation is 2. The predicted octanol–water partition coefficient (Wildman–Crippen LogP) is 5.21. The highest BCUT2D eigenvalue weighted by Gasteiger charge is 2.08. The van der Waals surface area contributed by atoms with Crippen molar-refractivity contribution in [1.82, 2.24) is 0 Å². The highest BCUT2D eigenvalue weighted by Crippen LogP contribution is 2.29. The van der Waals surface area contributed by atoms with Crippen LogP contribution in [-0.4, -0.2) is 19.4 Å². The molecule has 0 fully saturated rings. The van der Waals surface area contributed by atoms with E-state index in [9.17, 15) is 0 Å². The molecule has 0 spiro atoms. The number of rotatable bonds is 8. The molecule has 0 N–H and O–H groups in total. The first-order valence-corrected chi connectivity index (χ1v) is 8.70. The molecule has 2 aromatic carbocycles. The van der Waals surface area contributed by atoms with Crippen LogP contribution in [0.5, 0.6) is 11.5 Å². The lowest BCUT2D eigenvalue weighted by Gasteiger charge is -2.14. The minimum absolute atomic E-state index is 0.515. The van der Waals surface area contributed by atoms with Crippen LogP contribution in [0.15, 0.2) is 53.7 Å². The van der Waals surface area contributed by atoms with Crippen LogP contribution in [-0.2, 0) is 11.4 Å². The molecule has 0 aliphatic rings. The topological polar surface area (TPSA) is 40.0 Å². The number of hydrogen-bond acceptors (Lipinski definition) is 4. The number of allylic oxidation sites excluding steroid dienone is 1. The van der Waals surface area contributed by atoms with E-state index in [0.717, 1.165) is 39.5 Å². The molecule has 0 amide bonds. The van der Waals surface area contributed by atoms with E-state index in [1.807, 2.05) is 76.2 Å². The van der Waals surface area contributed by atoms with Crippen LogP contribution < -0.4 is 9.47 Å². The van der Waals surface area contributed by atoms with Crippen LogP contribution in [0.1, 0.15) is 36.1 Å². The maximum Gasteiger partial charge on any atom is 0.125 e. The quantitative estimate of drug-likeness (QED) is 0.372. The van der Waals surface area contributed by atoms with Crippen molar-refractivity contribution in [2.75, 3.05) is 13.7 Å². The van der Waals surface area contributed by atoms with Gasteiger partial charge in [0.05, 0.1) is 5.71 Å². The van der Waals surface area contributed by atoms with Gasteiger partial charge in [-0.25, -0.2) is 0 Å². The van der Waals surface area contributed by atoms with Crippen LogP contribution in [0.25, 0.3) is 0 Å². The molecule has 2 rings (SSSR count). The summed E-state index contributed by atoms with van der Waals surface area (Å²) < 4.78 is 11.8. The molecule has 0 saturated carbocycles. The van der Waals surface area contributed by atoms with Crippen LogP contribution >= 0.6 is 0 Å². The summed E-state index contributed by atoms with van der Waals surface area (Å²) in [5.74, 6) is 1.77. The van der Waals surface area contributed by atoms with Crippen molar-refractivity contribution in [3.05, 3.63) is 70.8 Å². The van der Waals surface area contributed by atoms with Gasteiger partial charge in [-0.3, -0.25) is 0 Å². The molecule has 0 unspecified atom stereocenters. The van der Waals surface area contributed by atoms with E-state index in [-0.39, 0.29) is 0 Å². The molecule has 0 aliphatic carbocycles. The molecule has 0 aliphatic heterocycles. The van der Waals surface area contributed by atoms with Crippen molar-refractivity contribution in [2.24, 2.45) is 5.16 Å². The maximum atomic E-state index is 6.06. The van der Waals surface area contributed by atoms with E-state index in [1.54, 1.807) is 7.11 Å². The second kappa shape index (κ2) is 9.66. The van der Waals surface area contributed by atoms with Gasteiger partial charge in [0.25, 0.3) is 0 Å². The Morgan fingerprint density at radius 2 is 1.69 bits per heavy atom. The molecular formula is C22H27NO3. The molecule has 26 heavy (non-hydrogen) atoms. The largest absolute Gasteiger partial charge is 0.490 e. The smallest absolute Gasteiger partial charge is 0.125 e. The number of benzene rings is 2. The van der Waals surface area contributed by atoms with E-state index in [2.05, 4.69) is 5.16 Å². The fourth-order valence-corrected chi connectivity index (χ4v) is 2.65. The van der Waals surface area contributed by atoms with Crippen molar-refractivity contribution >= 4 is 5.71 Å². The summed E-state index contributed by atoms with van der Waals surface area (Å²) in [5, 5.41) is 3.95. The Hall–Kier alpha value is -2.75. The predicted molar refractivity (Wildman–Crippen MR) is 106 cm³/mol. The second-order valence-corrected chi connectivity index (χ2v) is 6.11. The monoisotopic (exact) mass is 353 g/mol. The number of nitrogens with zero attached hydrogens (tertiary/aromatic N) is 1. The molecule has 4 heteroatoms. The van der Waals surface area contributed by atoms with Gasteiger partial charge in [-0.15, -0.1) is 0 Å². The van der Waals surface area contributed by atoms with Crippen LogP contribution in [0.3, 0.4) is 0 Å². The highest BCUT2D eigenvalue weighted by atomic mass is 16.6. The van der Waals surface area contributed by atoms with Gasteiger partial charge in [0.2, 0.25) is 0 Å². The van der Waals surface area contributed by atoms with Crippen LogP contribution in [0, 0.1) is 13.8 Å². The zero-order valence-corrected chi connectivity index (χ0v) is 16.2. The summed E-state index contributed by atoms with van der Waals surface area (Å²) in [5.41, 5.74) is 5.12. The third kappa shape index (κ3) is 5.38. The number of oxime groups is 1. The van der Waals surface area contributed by atoms with Crippen molar-refractivity contribution in [3.63, 3.8) is 0 Å². The Kier molecular flexibility index (Phi) is 7.27. The van der Waals surface area contributed by atoms with Gasteiger partial charge < -0.3 is 14.3 Å². The van der Waals surface area contributed by atoms with Crippen LogP contribution in [0.2, 0.25) is 0 Å². The summed E-state index contributed by atoms with van der Waals surface area (Å²) in [6.45, 7) is 9.07. The van der Waals surface area contributed by atoms with E-state index in [0.29, 0.717) is 13.2 Å². The zero-order chi connectivity index (χ0) is 18.9. The third-order valence-electron chi connectivity index (χ3n) is 4.00. The Morgan fingerprint density at radius 1 is 1.04 bits per heavy atom. The molecule has 0 radical (unpaired) electrons. The van der Waals surface area contributed by atoms with Gasteiger partial charge in [-0.05, 0) is 62.1 Å². The lowest BCUT2D eigenvalue weighted by atomic mass is 10.1.